The van der Waals surface area contributed by atoms with Crippen LogP contribution in [0, 0.1) is 5.82 Å². The molecule has 0 saturated carbocycles. The zero-order valence-electron chi connectivity index (χ0n) is 8.16. The highest BCUT2D eigenvalue weighted by molar-refractivity contribution is 5.80. The molecule has 4 heteroatoms. The van der Waals surface area contributed by atoms with E-state index in [1.165, 1.54) is 12.1 Å². The molecule has 80 valence electrons. The molecule has 2 rings (SSSR count). The van der Waals surface area contributed by atoms with Gasteiger partial charge < -0.3 is 10.4 Å². The van der Waals surface area contributed by atoms with Crippen molar-refractivity contribution in [3.63, 3.8) is 0 Å². The lowest BCUT2D eigenvalue weighted by molar-refractivity contribution is -0.119. The highest BCUT2D eigenvalue weighted by atomic mass is 19.1. The Kier molecular flexibility index (Phi) is 2.44. The van der Waals surface area contributed by atoms with Crippen molar-refractivity contribution in [3.05, 3.63) is 35.6 Å². The summed E-state index contributed by atoms with van der Waals surface area (Å²) in [5.74, 6) is -0.391. The van der Waals surface area contributed by atoms with Crippen LogP contribution < -0.4 is 5.32 Å². The number of halogens is 1. The van der Waals surface area contributed by atoms with Gasteiger partial charge in [-0.2, -0.15) is 0 Å². The number of benzene rings is 1. The van der Waals surface area contributed by atoms with Gasteiger partial charge in [-0.1, -0.05) is 12.1 Å². The third-order valence-corrected chi connectivity index (χ3v) is 2.88. The quantitative estimate of drug-likeness (QED) is 0.748. The Hall–Kier alpha value is -1.42. The fourth-order valence-corrected chi connectivity index (χ4v) is 1.91. The Labute approximate surface area is 86.9 Å². The van der Waals surface area contributed by atoms with Gasteiger partial charge in [0.25, 0.3) is 0 Å². The molecule has 1 aliphatic rings. The van der Waals surface area contributed by atoms with Gasteiger partial charge in [-0.05, 0) is 17.7 Å². The van der Waals surface area contributed by atoms with Crippen LogP contribution in [0.2, 0.25) is 0 Å². The number of nitrogens with one attached hydrogen (secondary N) is 1. The van der Waals surface area contributed by atoms with Crippen LogP contribution in [0.15, 0.2) is 24.3 Å². The molecule has 0 bridgehead atoms. The predicted molar refractivity (Wildman–Crippen MR) is 52.8 cm³/mol. The summed E-state index contributed by atoms with van der Waals surface area (Å²) < 4.78 is 12.7. The Balaban J connectivity index is 2.34. The zero-order valence-corrected chi connectivity index (χ0v) is 8.16. The molecular weight excluding hydrogens is 197 g/mol. The van der Waals surface area contributed by atoms with Crippen LogP contribution >= 0.6 is 0 Å². The second kappa shape index (κ2) is 3.62. The van der Waals surface area contributed by atoms with E-state index in [9.17, 15) is 14.3 Å². The zero-order chi connectivity index (χ0) is 10.9. The topological polar surface area (TPSA) is 49.3 Å². The summed E-state index contributed by atoms with van der Waals surface area (Å²) in [5.41, 5.74) is 0.217. The molecule has 1 amide bonds. The number of hydrogen-bond acceptors (Lipinski definition) is 2. The number of carbonyl (C=O) groups excluding carboxylic acids is 1. The summed E-state index contributed by atoms with van der Waals surface area (Å²) in [7, 11) is 0. The molecule has 1 heterocycles. The Morgan fingerprint density at radius 2 is 2.07 bits per heavy atom. The molecule has 1 fully saturated rings. The number of aliphatic hydroxyl groups excluding tert-OH is 1. The van der Waals surface area contributed by atoms with Crippen LogP contribution in [0.5, 0.6) is 0 Å². The summed E-state index contributed by atoms with van der Waals surface area (Å²) in [4.78, 5) is 11.2. The lowest BCUT2D eigenvalue weighted by Crippen LogP contribution is -2.32. The van der Waals surface area contributed by atoms with Gasteiger partial charge in [0.2, 0.25) is 5.91 Å². The van der Waals surface area contributed by atoms with Crippen molar-refractivity contribution in [3.8, 4) is 0 Å². The van der Waals surface area contributed by atoms with E-state index in [0.29, 0.717) is 6.54 Å². The largest absolute Gasteiger partial charge is 0.395 e. The summed E-state index contributed by atoms with van der Waals surface area (Å²) in [6, 6.07) is 5.92. The summed E-state index contributed by atoms with van der Waals surface area (Å²) in [5, 5.41) is 12.1. The molecule has 1 aliphatic heterocycles. The van der Waals surface area contributed by atoms with E-state index in [4.69, 9.17) is 0 Å². The van der Waals surface area contributed by atoms with E-state index < -0.39 is 5.41 Å². The second-order valence-corrected chi connectivity index (χ2v) is 3.90. The first-order valence-electron chi connectivity index (χ1n) is 4.80. The summed E-state index contributed by atoms with van der Waals surface area (Å²) in [6.07, 6.45) is 0.259. The smallest absolute Gasteiger partial charge is 0.221 e. The van der Waals surface area contributed by atoms with Gasteiger partial charge in [0, 0.05) is 18.4 Å². The van der Waals surface area contributed by atoms with Gasteiger partial charge >= 0.3 is 0 Å². The first kappa shape index (κ1) is 10.1. The summed E-state index contributed by atoms with van der Waals surface area (Å²) in [6.45, 7) is 0.297. The number of hydrogen-bond donors (Lipinski definition) is 2. The monoisotopic (exact) mass is 209 g/mol. The van der Waals surface area contributed by atoms with Crippen LogP contribution in [0.1, 0.15) is 12.0 Å². The lowest BCUT2D eigenvalue weighted by atomic mass is 9.80. The van der Waals surface area contributed by atoms with E-state index in [-0.39, 0.29) is 24.8 Å². The van der Waals surface area contributed by atoms with E-state index in [2.05, 4.69) is 5.32 Å². The number of rotatable bonds is 2. The SMILES string of the molecule is O=C1CC(CO)(c2ccc(F)cc2)CN1. The molecule has 1 aromatic carbocycles. The van der Waals surface area contributed by atoms with Gasteiger partial charge in [0.15, 0.2) is 0 Å². The molecule has 0 spiro atoms. The first-order valence-corrected chi connectivity index (χ1v) is 4.80. The van der Waals surface area contributed by atoms with E-state index in [1.807, 2.05) is 0 Å². The minimum atomic E-state index is -0.579. The fourth-order valence-electron chi connectivity index (χ4n) is 1.91. The average Bonchev–Trinajstić information content (AvgIpc) is 2.62. The molecule has 0 radical (unpaired) electrons. The highest BCUT2D eigenvalue weighted by Crippen LogP contribution is 2.30. The molecule has 1 aromatic rings. The fraction of sp³-hybridized carbons (Fsp3) is 0.364. The number of aliphatic hydroxyl groups is 1. The molecule has 1 atom stereocenters. The molecule has 15 heavy (non-hydrogen) atoms. The molecular formula is C11H12FNO2. The van der Waals surface area contributed by atoms with Crippen molar-refractivity contribution in [1.29, 1.82) is 0 Å². The van der Waals surface area contributed by atoms with Gasteiger partial charge in [-0.15, -0.1) is 0 Å². The maximum atomic E-state index is 12.7. The van der Waals surface area contributed by atoms with Crippen molar-refractivity contribution in [2.24, 2.45) is 0 Å². The third kappa shape index (κ3) is 1.72. The van der Waals surface area contributed by atoms with Crippen LogP contribution in [-0.4, -0.2) is 24.2 Å². The van der Waals surface area contributed by atoms with Gasteiger partial charge in [-0.3, -0.25) is 4.79 Å². The molecule has 0 aromatic heterocycles. The Bertz CT molecular complexity index is 377. The molecule has 1 saturated heterocycles. The van der Waals surface area contributed by atoms with Crippen LogP contribution in [0.25, 0.3) is 0 Å². The van der Waals surface area contributed by atoms with Crippen LogP contribution in [-0.2, 0) is 10.2 Å². The second-order valence-electron chi connectivity index (χ2n) is 3.90. The van der Waals surface area contributed by atoms with Crippen molar-refractivity contribution < 1.29 is 14.3 Å². The molecule has 2 N–H and O–H groups in total. The van der Waals surface area contributed by atoms with E-state index in [1.54, 1.807) is 12.1 Å². The van der Waals surface area contributed by atoms with Crippen LogP contribution in [0.4, 0.5) is 4.39 Å². The minimum absolute atomic E-state index is 0.0756. The normalized spacial score (nSPS) is 25.3. The van der Waals surface area contributed by atoms with Gasteiger partial charge in [0.05, 0.1) is 6.61 Å². The maximum absolute atomic E-state index is 12.7. The minimum Gasteiger partial charge on any atom is -0.395 e. The number of carbonyl (C=O) groups is 1. The van der Waals surface area contributed by atoms with Gasteiger partial charge in [0.1, 0.15) is 5.82 Å². The lowest BCUT2D eigenvalue weighted by Gasteiger charge is -2.24. The van der Waals surface area contributed by atoms with Crippen LogP contribution in [0.3, 0.4) is 0 Å². The van der Waals surface area contributed by atoms with Crippen molar-refractivity contribution in [1.82, 2.24) is 5.32 Å². The molecule has 0 aliphatic carbocycles. The van der Waals surface area contributed by atoms with Crippen molar-refractivity contribution in [2.45, 2.75) is 11.8 Å². The Morgan fingerprint density at radius 3 is 2.53 bits per heavy atom. The highest BCUT2D eigenvalue weighted by Gasteiger charge is 2.39. The Morgan fingerprint density at radius 1 is 1.40 bits per heavy atom. The predicted octanol–water partition coefficient (Wildman–Crippen LogP) is 0.576. The van der Waals surface area contributed by atoms with E-state index in [0.717, 1.165) is 5.56 Å². The maximum Gasteiger partial charge on any atom is 0.221 e. The van der Waals surface area contributed by atoms with Crippen molar-refractivity contribution >= 4 is 5.91 Å². The average molecular weight is 209 g/mol. The summed E-state index contributed by atoms with van der Waals surface area (Å²) >= 11 is 0. The third-order valence-electron chi connectivity index (χ3n) is 2.88. The van der Waals surface area contributed by atoms with Gasteiger partial charge in [-0.25, -0.2) is 4.39 Å². The molecule has 1 unspecified atom stereocenters. The first-order chi connectivity index (χ1) is 7.16. The number of amides is 1. The van der Waals surface area contributed by atoms with E-state index >= 15 is 0 Å². The van der Waals surface area contributed by atoms with Crippen molar-refractivity contribution in [2.75, 3.05) is 13.2 Å². The standard InChI is InChI=1S/C11H12FNO2/c12-9-3-1-8(2-4-9)11(7-14)5-10(15)13-6-11/h1-4,14H,5-7H2,(H,13,15). The molecule has 3 nitrogen and oxygen atoms in total.